The monoisotopic (exact) mass is 212 g/mol. The normalized spacial score (nSPS) is 12.2. The number of carbonyl (C=O) groups is 1. The molecule has 0 bridgehead atoms. The smallest absolute Gasteiger partial charge is 0.253 e. The highest BCUT2D eigenvalue weighted by molar-refractivity contribution is 5.99. The van der Waals surface area contributed by atoms with Crippen molar-refractivity contribution in [3.8, 4) is 0 Å². The average Bonchev–Trinajstić information content (AvgIpc) is 2.18. The lowest BCUT2D eigenvalue weighted by molar-refractivity contribution is 0.0924. The fourth-order valence-corrected chi connectivity index (χ4v) is 1.06. The molecule has 1 aromatic carbocycles. The molecule has 1 amide bonds. The first-order chi connectivity index (χ1) is 7.00. The minimum absolute atomic E-state index is 0.0793. The van der Waals surface area contributed by atoms with Gasteiger partial charge in [-0.25, -0.2) is 4.39 Å². The number of anilines is 1. The molecule has 0 fully saturated rings. The molecule has 0 saturated carbocycles. The molecule has 15 heavy (non-hydrogen) atoms. The van der Waals surface area contributed by atoms with Crippen molar-refractivity contribution >= 4 is 11.6 Å². The standard InChI is InChI=1S/C10H13FN2O2/c1-6(14)5-13-10(15)8-4-7(11)2-3-9(8)12/h2-4,6,14H,5,12H2,1H3,(H,13,15). The van der Waals surface area contributed by atoms with Gasteiger partial charge in [-0.15, -0.1) is 0 Å². The van der Waals surface area contributed by atoms with E-state index in [1.807, 2.05) is 0 Å². The highest BCUT2D eigenvalue weighted by Crippen LogP contribution is 2.12. The number of nitrogens with one attached hydrogen (secondary N) is 1. The van der Waals surface area contributed by atoms with Crippen molar-refractivity contribution in [3.63, 3.8) is 0 Å². The SMILES string of the molecule is CC(O)CNC(=O)c1cc(F)ccc1N. The number of halogens is 1. The highest BCUT2D eigenvalue weighted by atomic mass is 19.1. The second kappa shape index (κ2) is 4.75. The van der Waals surface area contributed by atoms with Gasteiger partial charge in [-0.3, -0.25) is 4.79 Å². The van der Waals surface area contributed by atoms with Crippen LogP contribution in [0.3, 0.4) is 0 Å². The molecule has 0 saturated heterocycles. The number of benzene rings is 1. The van der Waals surface area contributed by atoms with Crippen LogP contribution in [0.2, 0.25) is 0 Å². The van der Waals surface area contributed by atoms with E-state index in [2.05, 4.69) is 5.32 Å². The number of aliphatic hydroxyl groups excluding tert-OH is 1. The molecule has 0 aliphatic rings. The molecule has 1 rings (SSSR count). The summed E-state index contributed by atoms with van der Waals surface area (Å²) in [7, 11) is 0. The fraction of sp³-hybridized carbons (Fsp3) is 0.300. The Balaban J connectivity index is 2.77. The van der Waals surface area contributed by atoms with Crippen LogP contribution in [0, 0.1) is 5.82 Å². The lowest BCUT2D eigenvalue weighted by Gasteiger charge is -2.08. The van der Waals surface area contributed by atoms with Crippen molar-refractivity contribution in [2.45, 2.75) is 13.0 Å². The van der Waals surface area contributed by atoms with Gasteiger partial charge in [0.05, 0.1) is 11.7 Å². The van der Waals surface area contributed by atoms with E-state index in [4.69, 9.17) is 10.8 Å². The molecule has 82 valence electrons. The minimum Gasteiger partial charge on any atom is -0.398 e. The van der Waals surface area contributed by atoms with Gasteiger partial charge in [0, 0.05) is 12.2 Å². The maximum atomic E-state index is 12.8. The van der Waals surface area contributed by atoms with Gasteiger partial charge in [0.15, 0.2) is 0 Å². The van der Waals surface area contributed by atoms with Gasteiger partial charge >= 0.3 is 0 Å². The highest BCUT2D eigenvalue weighted by Gasteiger charge is 2.10. The van der Waals surface area contributed by atoms with Crippen molar-refractivity contribution in [1.82, 2.24) is 5.32 Å². The van der Waals surface area contributed by atoms with E-state index in [1.54, 1.807) is 0 Å². The minimum atomic E-state index is -0.649. The first-order valence-corrected chi connectivity index (χ1v) is 4.52. The van der Waals surface area contributed by atoms with Gasteiger partial charge in [0.25, 0.3) is 5.91 Å². The first kappa shape index (κ1) is 11.5. The Labute approximate surface area is 86.9 Å². The Bertz CT molecular complexity index is 366. The zero-order valence-corrected chi connectivity index (χ0v) is 8.33. The van der Waals surface area contributed by atoms with Gasteiger partial charge in [0.2, 0.25) is 0 Å². The molecule has 4 N–H and O–H groups in total. The molecule has 0 aromatic heterocycles. The summed E-state index contributed by atoms with van der Waals surface area (Å²) in [6.45, 7) is 1.64. The molecule has 0 aliphatic carbocycles. The van der Waals surface area contributed by atoms with Crippen LogP contribution in [0.1, 0.15) is 17.3 Å². The molecule has 0 spiro atoms. The van der Waals surface area contributed by atoms with Crippen LogP contribution in [0.5, 0.6) is 0 Å². The van der Waals surface area contributed by atoms with Gasteiger partial charge in [-0.2, -0.15) is 0 Å². The van der Waals surface area contributed by atoms with E-state index < -0.39 is 17.8 Å². The zero-order valence-electron chi connectivity index (χ0n) is 8.33. The van der Waals surface area contributed by atoms with E-state index in [1.165, 1.54) is 19.1 Å². The predicted octanol–water partition coefficient (Wildman–Crippen LogP) is 0.519. The number of hydrogen-bond acceptors (Lipinski definition) is 3. The molecule has 5 heteroatoms. The summed E-state index contributed by atoms with van der Waals surface area (Å²) in [6, 6.07) is 3.57. The van der Waals surface area contributed by atoms with E-state index >= 15 is 0 Å². The fourth-order valence-electron chi connectivity index (χ4n) is 1.06. The van der Waals surface area contributed by atoms with Crippen LogP contribution in [0.25, 0.3) is 0 Å². The van der Waals surface area contributed by atoms with E-state index in [0.29, 0.717) is 0 Å². The molecule has 1 aromatic rings. The van der Waals surface area contributed by atoms with Gasteiger partial charge in [-0.05, 0) is 25.1 Å². The maximum Gasteiger partial charge on any atom is 0.253 e. The third-order valence-electron chi connectivity index (χ3n) is 1.82. The Morgan fingerprint density at radius 3 is 2.93 bits per heavy atom. The summed E-state index contributed by atoms with van der Waals surface area (Å²) in [4.78, 5) is 11.5. The van der Waals surface area contributed by atoms with Crippen LogP contribution in [-0.4, -0.2) is 23.7 Å². The van der Waals surface area contributed by atoms with Crippen LogP contribution < -0.4 is 11.1 Å². The van der Waals surface area contributed by atoms with Crippen LogP contribution in [0.15, 0.2) is 18.2 Å². The first-order valence-electron chi connectivity index (χ1n) is 4.52. The van der Waals surface area contributed by atoms with Gasteiger partial charge in [-0.1, -0.05) is 0 Å². The molecule has 0 radical (unpaired) electrons. The summed E-state index contributed by atoms with van der Waals surface area (Å²) >= 11 is 0. The van der Waals surface area contributed by atoms with Gasteiger partial charge < -0.3 is 16.2 Å². The Morgan fingerprint density at radius 2 is 2.33 bits per heavy atom. The van der Waals surface area contributed by atoms with Crippen molar-refractivity contribution < 1.29 is 14.3 Å². The topological polar surface area (TPSA) is 75.3 Å². The van der Waals surface area contributed by atoms with Crippen molar-refractivity contribution in [2.24, 2.45) is 0 Å². The van der Waals surface area contributed by atoms with E-state index in [9.17, 15) is 9.18 Å². The molecular formula is C10H13FN2O2. The molecule has 1 unspecified atom stereocenters. The predicted molar refractivity (Wildman–Crippen MR) is 54.8 cm³/mol. The van der Waals surface area contributed by atoms with Crippen molar-refractivity contribution in [3.05, 3.63) is 29.6 Å². The summed E-state index contributed by atoms with van der Waals surface area (Å²) in [5, 5.41) is 11.4. The number of aliphatic hydroxyl groups is 1. The third kappa shape index (κ3) is 3.21. The molecule has 0 aliphatic heterocycles. The molecule has 4 nitrogen and oxygen atoms in total. The largest absolute Gasteiger partial charge is 0.398 e. The van der Waals surface area contributed by atoms with Crippen molar-refractivity contribution in [2.75, 3.05) is 12.3 Å². The molecular weight excluding hydrogens is 199 g/mol. The summed E-state index contributed by atoms with van der Waals surface area (Å²) < 4.78 is 12.8. The molecule has 1 atom stereocenters. The van der Waals surface area contributed by atoms with Crippen LogP contribution in [-0.2, 0) is 0 Å². The number of hydrogen-bond donors (Lipinski definition) is 3. The van der Waals surface area contributed by atoms with Gasteiger partial charge in [0.1, 0.15) is 5.82 Å². The number of rotatable bonds is 3. The Morgan fingerprint density at radius 1 is 1.67 bits per heavy atom. The van der Waals surface area contributed by atoms with Crippen molar-refractivity contribution in [1.29, 1.82) is 0 Å². The lowest BCUT2D eigenvalue weighted by Crippen LogP contribution is -2.31. The van der Waals surface area contributed by atoms with E-state index in [-0.39, 0.29) is 17.8 Å². The molecule has 0 heterocycles. The number of amides is 1. The Kier molecular flexibility index (Phi) is 3.62. The summed E-state index contributed by atoms with van der Waals surface area (Å²) in [5.41, 5.74) is 5.79. The zero-order chi connectivity index (χ0) is 11.4. The quantitative estimate of drug-likeness (QED) is 0.639. The van der Waals surface area contributed by atoms with Crippen LogP contribution in [0.4, 0.5) is 10.1 Å². The second-order valence-corrected chi connectivity index (χ2v) is 3.29. The summed E-state index contributed by atoms with van der Waals surface area (Å²) in [6.07, 6.45) is -0.649. The van der Waals surface area contributed by atoms with E-state index in [0.717, 1.165) is 6.07 Å². The maximum absolute atomic E-state index is 12.8. The number of nitrogen functional groups attached to an aromatic ring is 1. The summed E-state index contributed by atoms with van der Waals surface area (Å²) in [5.74, 6) is -1.01. The number of carbonyl (C=O) groups excluding carboxylic acids is 1. The second-order valence-electron chi connectivity index (χ2n) is 3.29. The number of nitrogens with two attached hydrogens (primary N) is 1. The average molecular weight is 212 g/mol. The van der Waals surface area contributed by atoms with Crippen LogP contribution >= 0.6 is 0 Å². The lowest BCUT2D eigenvalue weighted by atomic mass is 10.1. The third-order valence-corrected chi connectivity index (χ3v) is 1.82. The Hall–Kier alpha value is -1.62.